The summed E-state index contributed by atoms with van der Waals surface area (Å²) in [7, 11) is 1.61. The van der Waals surface area contributed by atoms with Crippen molar-refractivity contribution in [3.05, 3.63) is 24.3 Å². The topological polar surface area (TPSA) is 79.8 Å². The van der Waals surface area contributed by atoms with E-state index in [4.69, 9.17) is 9.47 Å². The Hall–Kier alpha value is -1.50. The Morgan fingerprint density at radius 2 is 2.00 bits per heavy atom. The first kappa shape index (κ1) is 18.5. The molecule has 1 aromatic carbocycles. The summed E-state index contributed by atoms with van der Waals surface area (Å²) in [5.74, 6) is 1.50. The smallest absolute Gasteiger partial charge is 0.223 e. The number of ether oxygens (including phenoxy) is 2. The van der Waals surface area contributed by atoms with Gasteiger partial charge in [0.15, 0.2) is 0 Å². The van der Waals surface area contributed by atoms with Gasteiger partial charge in [-0.15, -0.1) is 12.4 Å². The van der Waals surface area contributed by atoms with Crippen LogP contribution >= 0.6 is 12.4 Å². The Morgan fingerprint density at radius 3 is 2.59 bits per heavy atom. The van der Waals surface area contributed by atoms with Crippen LogP contribution in [0.25, 0.3) is 0 Å². The number of halogens is 1. The molecule has 0 saturated carbocycles. The minimum Gasteiger partial charge on any atom is -0.497 e. The molecule has 0 aromatic heterocycles. The number of amides is 1. The Kier molecular flexibility index (Phi) is 8.01. The molecule has 1 aliphatic heterocycles. The average Bonchev–Trinajstić information content (AvgIpc) is 2.91. The van der Waals surface area contributed by atoms with Crippen molar-refractivity contribution in [2.75, 3.05) is 33.4 Å². The Labute approximate surface area is 136 Å². The summed E-state index contributed by atoms with van der Waals surface area (Å²) in [5.41, 5.74) is 0. The molecule has 1 saturated heterocycles. The van der Waals surface area contributed by atoms with Crippen molar-refractivity contribution >= 4 is 18.3 Å². The first-order valence-corrected chi connectivity index (χ1v) is 7.11. The maximum atomic E-state index is 11.7. The zero-order chi connectivity index (χ0) is 15.1. The van der Waals surface area contributed by atoms with Crippen LogP contribution in [-0.4, -0.2) is 50.5 Å². The maximum absolute atomic E-state index is 11.7. The fourth-order valence-electron chi connectivity index (χ4n) is 2.19. The largest absolute Gasteiger partial charge is 0.497 e. The molecule has 124 valence electrons. The van der Waals surface area contributed by atoms with Crippen molar-refractivity contribution in [3.63, 3.8) is 0 Å². The zero-order valence-corrected chi connectivity index (χ0v) is 13.4. The van der Waals surface area contributed by atoms with Gasteiger partial charge < -0.3 is 25.2 Å². The molecule has 2 unspecified atom stereocenters. The van der Waals surface area contributed by atoms with Crippen molar-refractivity contribution in [1.29, 1.82) is 0 Å². The van der Waals surface area contributed by atoms with Gasteiger partial charge in [-0.2, -0.15) is 0 Å². The van der Waals surface area contributed by atoms with E-state index in [0.717, 1.165) is 12.3 Å². The number of carbonyl (C=O) groups is 1. The molecule has 7 heteroatoms. The number of hydrogen-bond acceptors (Lipinski definition) is 5. The van der Waals surface area contributed by atoms with E-state index in [1.807, 2.05) is 12.1 Å². The predicted molar refractivity (Wildman–Crippen MR) is 85.7 cm³/mol. The number of carbonyl (C=O) groups excluding carboxylic acids is 1. The summed E-state index contributed by atoms with van der Waals surface area (Å²) in [4.78, 5) is 11.7. The van der Waals surface area contributed by atoms with Gasteiger partial charge in [-0.3, -0.25) is 4.79 Å². The van der Waals surface area contributed by atoms with Crippen molar-refractivity contribution < 1.29 is 19.4 Å². The number of benzene rings is 1. The quantitative estimate of drug-likeness (QED) is 0.681. The number of aliphatic hydroxyl groups is 1. The number of nitrogens with one attached hydrogen (secondary N) is 2. The van der Waals surface area contributed by atoms with Crippen molar-refractivity contribution in [2.45, 2.75) is 12.5 Å². The number of methoxy groups -OCH3 is 1. The molecular formula is C15H23ClN2O4. The number of hydrogen-bond donors (Lipinski definition) is 3. The molecule has 1 amide bonds. The predicted octanol–water partition coefficient (Wildman–Crippen LogP) is 0.582. The van der Waals surface area contributed by atoms with Gasteiger partial charge in [0.05, 0.1) is 26.2 Å². The van der Waals surface area contributed by atoms with E-state index in [2.05, 4.69) is 10.6 Å². The van der Waals surface area contributed by atoms with Crippen LogP contribution in [0.5, 0.6) is 11.5 Å². The number of β-amino-alcohol motifs (C(OH)–C–C–N with tert-alkyl or cyclic N) is 1. The lowest BCUT2D eigenvalue weighted by Crippen LogP contribution is -2.34. The normalized spacial score (nSPS) is 20.1. The van der Waals surface area contributed by atoms with Gasteiger partial charge in [0.2, 0.25) is 5.91 Å². The summed E-state index contributed by atoms with van der Waals surface area (Å²) in [6.07, 6.45) is -0.0803. The van der Waals surface area contributed by atoms with E-state index in [0.29, 0.717) is 31.9 Å². The SMILES string of the molecule is COc1ccc(OCCC(=O)NCC2CNCC2O)cc1.Cl. The lowest BCUT2D eigenvalue weighted by Gasteiger charge is -2.14. The third kappa shape index (κ3) is 5.71. The highest BCUT2D eigenvalue weighted by Gasteiger charge is 2.24. The molecule has 0 radical (unpaired) electrons. The fraction of sp³-hybridized carbons (Fsp3) is 0.533. The van der Waals surface area contributed by atoms with Gasteiger partial charge in [0.25, 0.3) is 0 Å². The van der Waals surface area contributed by atoms with E-state index in [1.54, 1.807) is 19.2 Å². The van der Waals surface area contributed by atoms with Crippen LogP contribution in [0.1, 0.15) is 6.42 Å². The first-order valence-electron chi connectivity index (χ1n) is 7.11. The van der Waals surface area contributed by atoms with Crippen LogP contribution in [0, 0.1) is 5.92 Å². The Balaban J connectivity index is 0.00000242. The van der Waals surface area contributed by atoms with Crippen LogP contribution in [0.15, 0.2) is 24.3 Å². The van der Waals surface area contributed by atoms with Gasteiger partial charge in [-0.25, -0.2) is 0 Å². The van der Waals surface area contributed by atoms with Crippen LogP contribution in [-0.2, 0) is 4.79 Å². The highest BCUT2D eigenvalue weighted by molar-refractivity contribution is 5.85. The highest BCUT2D eigenvalue weighted by Crippen LogP contribution is 2.17. The molecule has 6 nitrogen and oxygen atoms in total. The minimum absolute atomic E-state index is 0. The first-order chi connectivity index (χ1) is 10.2. The molecule has 1 heterocycles. The molecule has 22 heavy (non-hydrogen) atoms. The molecule has 0 aliphatic carbocycles. The second-order valence-electron chi connectivity index (χ2n) is 5.06. The molecule has 2 rings (SSSR count). The Morgan fingerprint density at radius 1 is 1.32 bits per heavy atom. The van der Waals surface area contributed by atoms with E-state index in [-0.39, 0.29) is 30.3 Å². The van der Waals surface area contributed by atoms with Gasteiger partial charge >= 0.3 is 0 Å². The van der Waals surface area contributed by atoms with Crippen molar-refractivity contribution in [3.8, 4) is 11.5 Å². The van der Waals surface area contributed by atoms with Gasteiger partial charge in [0.1, 0.15) is 11.5 Å². The van der Waals surface area contributed by atoms with Crippen LogP contribution in [0.3, 0.4) is 0 Å². The molecule has 1 aromatic rings. The Bertz CT molecular complexity index is 455. The molecular weight excluding hydrogens is 308 g/mol. The zero-order valence-electron chi connectivity index (χ0n) is 12.6. The summed E-state index contributed by atoms with van der Waals surface area (Å²) in [6, 6.07) is 7.22. The number of aliphatic hydroxyl groups excluding tert-OH is 1. The molecule has 0 spiro atoms. The lowest BCUT2D eigenvalue weighted by molar-refractivity contribution is -0.121. The maximum Gasteiger partial charge on any atom is 0.223 e. The lowest BCUT2D eigenvalue weighted by atomic mass is 10.1. The van der Waals surface area contributed by atoms with Crippen LogP contribution < -0.4 is 20.1 Å². The van der Waals surface area contributed by atoms with Crippen LogP contribution in [0.4, 0.5) is 0 Å². The van der Waals surface area contributed by atoms with Crippen molar-refractivity contribution in [2.24, 2.45) is 5.92 Å². The molecule has 0 bridgehead atoms. The molecule has 1 aliphatic rings. The average molecular weight is 331 g/mol. The molecule has 1 fully saturated rings. The third-order valence-corrected chi connectivity index (χ3v) is 3.52. The van der Waals surface area contributed by atoms with Gasteiger partial charge in [-0.1, -0.05) is 0 Å². The summed E-state index contributed by atoms with van der Waals surface area (Å²) in [5, 5.41) is 15.5. The van der Waals surface area contributed by atoms with E-state index in [1.165, 1.54) is 0 Å². The monoisotopic (exact) mass is 330 g/mol. The molecule has 2 atom stereocenters. The van der Waals surface area contributed by atoms with E-state index < -0.39 is 0 Å². The highest BCUT2D eigenvalue weighted by atomic mass is 35.5. The van der Waals surface area contributed by atoms with Crippen LogP contribution in [0.2, 0.25) is 0 Å². The summed E-state index contributed by atoms with van der Waals surface area (Å²) in [6.45, 7) is 2.16. The van der Waals surface area contributed by atoms with E-state index >= 15 is 0 Å². The van der Waals surface area contributed by atoms with Gasteiger partial charge in [0, 0.05) is 25.6 Å². The second kappa shape index (κ2) is 9.50. The summed E-state index contributed by atoms with van der Waals surface area (Å²) >= 11 is 0. The van der Waals surface area contributed by atoms with E-state index in [9.17, 15) is 9.90 Å². The third-order valence-electron chi connectivity index (χ3n) is 3.52. The number of rotatable bonds is 7. The standard InChI is InChI=1S/C15H22N2O4.ClH/c1-20-12-2-4-13(5-3-12)21-7-6-15(19)17-9-11-8-16-10-14(11)18;/h2-5,11,14,16,18H,6-10H2,1H3,(H,17,19);1H. The fourth-order valence-corrected chi connectivity index (χ4v) is 2.19. The van der Waals surface area contributed by atoms with Gasteiger partial charge in [-0.05, 0) is 24.3 Å². The minimum atomic E-state index is -0.374. The second-order valence-corrected chi connectivity index (χ2v) is 5.06. The molecule has 3 N–H and O–H groups in total. The summed E-state index contributed by atoms with van der Waals surface area (Å²) < 4.78 is 10.5. The van der Waals surface area contributed by atoms with Crippen molar-refractivity contribution in [1.82, 2.24) is 10.6 Å².